The number of rotatable bonds is 4. The Balaban J connectivity index is 2.50. The van der Waals surface area contributed by atoms with Crippen molar-refractivity contribution in [3.63, 3.8) is 0 Å². The first-order chi connectivity index (χ1) is 8.44. The van der Waals surface area contributed by atoms with E-state index in [1.807, 2.05) is 0 Å². The molecule has 0 aliphatic rings. The molecule has 0 atom stereocenters. The summed E-state index contributed by atoms with van der Waals surface area (Å²) in [7, 11) is -1.13. The number of thiophene rings is 1. The highest BCUT2D eigenvalue weighted by molar-refractivity contribution is 7.20. The summed E-state index contributed by atoms with van der Waals surface area (Å²) in [6.45, 7) is 0. The lowest BCUT2D eigenvalue weighted by Gasteiger charge is -2.11. The molecule has 0 bridgehead atoms. The van der Waals surface area contributed by atoms with Crippen molar-refractivity contribution in [2.75, 3.05) is 0 Å². The normalized spacial score (nSPS) is 12.1. The zero-order valence-electron chi connectivity index (χ0n) is 8.59. The Kier molecular flexibility index (Phi) is 3.38. The van der Waals surface area contributed by atoms with Gasteiger partial charge in [0.05, 0.1) is 5.56 Å². The van der Waals surface area contributed by atoms with E-state index in [4.69, 9.17) is 5.11 Å². The summed E-state index contributed by atoms with van der Waals surface area (Å²) in [5.74, 6) is -1.11. The monoisotopic (exact) mass is 290 g/mol. The van der Waals surface area contributed by atoms with Crippen LogP contribution < -0.4 is 0 Å². The first-order valence-corrected chi connectivity index (χ1v) is 6.15. The third-order valence-electron chi connectivity index (χ3n) is 2.22. The molecule has 0 saturated carbocycles. The number of carboxylic acid groups (broad SMARTS) is 1. The number of halogens is 2. The summed E-state index contributed by atoms with van der Waals surface area (Å²) in [6.07, 6.45) is -3.68. The van der Waals surface area contributed by atoms with Crippen LogP contribution in [0.2, 0.25) is 0 Å². The van der Waals surface area contributed by atoms with Crippen LogP contribution in [0, 0.1) is 0 Å². The maximum atomic E-state index is 13.3. The molecule has 0 aliphatic carbocycles. The highest BCUT2D eigenvalue weighted by Crippen LogP contribution is 2.36. The number of hydrogen-bond donors (Lipinski definition) is 1. The van der Waals surface area contributed by atoms with Gasteiger partial charge in [0.15, 0.2) is 0 Å². The molecule has 2 rings (SSSR count). The van der Waals surface area contributed by atoms with Gasteiger partial charge in [-0.15, -0.1) is 11.3 Å². The zero-order valence-corrected chi connectivity index (χ0v) is 10.3. The molecular weight excluding hydrogens is 285 g/mol. The average molecular weight is 290 g/mol. The highest BCUT2D eigenvalue weighted by atomic mass is 32.1. The van der Waals surface area contributed by atoms with Crippen LogP contribution in [0.3, 0.4) is 0 Å². The van der Waals surface area contributed by atoms with E-state index in [9.17, 15) is 18.1 Å². The first kappa shape index (κ1) is 13.0. The van der Waals surface area contributed by atoms with E-state index in [-0.39, 0.29) is 4.88 Å². The van der Waals surface area contributed by atoms with Crippen molar-refractivity contribution in [1.29, 1.82) is 0 Å². The Morgan fingerprint density at radius 3 is 2.72 bits per heavy atom. The molecule has 8 heteroatoms. The molecule has 1 aromatic carbocycles. The van der Waals surface area contributed by atoms with Crippen molar-refractivity contribution in [3.05, 3.63) is 34.7 Å². The second-order valence-corrected chi connectivity index (χ2v) is 4.77. The standard InChI is InChI=1S/C10H5F2O4PS/c11-10(12,16-17-15)6-1-2-7-5(3-6)4-8(18-7)9(13)14/h1-4H,(H,13,14). The fourth-order valence-electron chi connectivity index (χ4n) is 1.43. The van der Waals surface area contributed by atoms with Crippen molar-refractivity contribution in [3.8, 4) is 0 Å². The smallest absolute Gasteiger partial charge is 0.393 e. The van der Waals surface area contributed by atoms with Gasteiger partial charge in [-0.2, -0.15) is 8.78 Å². The minimum absolute atomic E-state index is 0.0633. The molecule has 94 valence electrons. The quantitative estimate of drug-likeness (QED) is 0.868. The average Bonchev–Trinajstić information content (AvgIpc) is 2.71. The summed E-state index contributed by atoms with van der Waals surface area (Å²) >= 11 is 0.989. The van der Waals surface area contributed by atoms with Crippen molar-refractivity contribution >= 4 is 36.1 Å². The van der Waals surface area contributed by atoms with E-state index in [1.165, 1.54) is 12.1 Å². The molecule has 0 radical (unpaired) electrons. The lowest BCUT2D eigenvalue weighted by Crippen LogP contribution is -2.12. The number of fused-ring (bicyclic) bond motifs is 1. The molecule has 18 heavy (non-hydrogen) atoms. The molecule has 4 nitrogen and oxygen atoms in total. The Morgan fingerprint density at radius 1 is 1.39 bits per heavy atom. The van der Waals surface area contributed by atoms with Crippen LogP contribution in [0.25, 0.3) is 10.1 Å². The van der Waals surface area contributed by atoms with E-state index in [0.717, 1.165) is 23.5 Å². The second kappa shape index (κ2) is 4.68. The maximum Gasteiger partial charge on any atom is 0.393 e. The molecular formula is C10H5F2O4PS. The summed E-state index contributed by atoms with van der Waals surface area (Å²) in [6, 6.07) is 4.90. The predicted molar refractivity (Wildman–Crippen MR) is 61.4 cm³/mol. The van der Waals surface area contributed by atoms with Gasteiger partial charge in [0, 0.05) is 4.70 Å². The van der Waals surface area contributed by atoms with E-state index in [0.29, 0.717) is 10.1 Å². The third kappa shape index (κ3) is 2.38. The van der Waals surface area contributed by atoms with Crippen LogP contribution in [0.15, 0.2) is 24.3 Å². The topological polar surface area (TPSA) is 63.6 Å². The maximum absolute atomic E-state index is 13.3. The van der Waals surface area contributed by atoms with Crippen LogP contribution in [-0.2, 0) is 15.2 Å². The number of alkyl halides is 2. The molecule has 1 N–H and O–H groups in total. The van der Waals surface area contributed by atoms with Gasteiger partial charge in [-0.1, -0.05) is 0 Å². The number of carbonyl (C=O) groups is 1. The minimum atomic E-state index is -3.68. The number of carboxylic acids is 1. The highest BCUT2D eigenvalue weighted by Gasteiger charge is 2.34. The van der Waals surface area contributed by atoms with Gasteiger partial charge >= 0.3 is 20.8 Å². The summed E-state index contributed by atoms with van der Waals surface area (Å²) in [5.41, 5.74) is -0.479. The molecule has 0 amide bonds. The molecule has 0 saturated heterocycles. The van der Waals surface area contributed by atoms with Gasteiger partial charge in [-0.3, -0.25) is 0 Å². The van der Waals surface area contributed by atoms with Crippen molar-refractivity contribution in [2.24, 2.45) is 0 Å². The van der Waals surface area contributed by atoms with Crippen LogP contribution in [0.1, 0.15) is 15.2 Å². The molecule has 0 unspecified atom stereocenters. The molecule has 1 heterocycles. The van der Waals surface area contributed by atoms with E-state index >= 15 is 0 Å². The fraction of sp³-hybridized carbons (Fsp3) is 0.100. The van der Waals surface area contributed by atoms with Crippen molar-refractivity contribution in [1.82, 2.24) is 0 Å². The lowest BCUT2D eigenvalue weighted by molar-refractivity contribution is -0.178. The predicted octanol–water partition coefficient (Wildman–Crippen LogP) is 3.87. The van der Waals surface area contributed by atoms with Crippen LogP contribution >= 0.6 is 20.0 Å². The second-order valence-electron chi connectivity index (χ2n) is 3.35. The SMILES string of the molecule is O=POC(F)(F)c1ccc2sc(C(=O)O)cc2c1. The Hall–Kier alpha value is -1.43. The van der Waals surface area contributed by atoms with Gasteiger partial charge in [0.1, 0.15) is 4.88 Å². The van der Waals surface area contributed by atoms with Gasteiger partial charge < -0.3 is 5.11 Å². The van der Waals surface area contributed by atoms with Gasteiger partial charge in [0.25, 0.3) is 0 Å². The van der Waals surface area contributed by atoms with Crippen LogP contribution in [0.5, 0.6) is 0 Å². The Morgan fingerprint density at radius 2 is 2.11 bits per heavy atom. The number of benzene rings is 1. The molecule has 1 aromatic heterocycles. The molecule has 0 spiro atoms. The largest absolute Gasteiger partial charge is 0.477 e. The summed E-state index contributed by atoms with van der Waals surface area (Å²) in [5, 5.41) is 9.17. The fourth-order valence-corrected chi connectivity index (χ4v) is 2.51. The lowest BCUT2D eigenvalue weighted by atomic mass is 10.1. The third-order valence-corrected chi connectivity index (χ3v) is 3.62. The Bertz CT molecular complexity index is 625. The van der Waals surface area contributed by atoms with E-state index in [1.54, 1.807) is 0 Å². The number of hydrogen-bond acceptors (Lipinski definition) is 4. The molecule has 0 aliphatic heterocycles. The number of aromatic carboxylic acids is 1. The van der Waals surface area contributed by atoms with Crippen LogP contribution in [-0.4, -0.2) is 11.1 Å². The first-order valence-electron chi connectivity index (χ1n) is 4.60. The Labute approximate surface area is 105 Å². The van der Waals surface area contributed by atoms with Gasteiger partial charge in [-0.05, 0) is 29.7 Å². The van der Waals surface area contributed by atoms with Gasteiger partial charge in [0.2, 0.25) is 0 Å². The zero-order chi connectivity index (χ0) is 13.3. The summed E-state index contributed by atoms with van der Waals surface area (Å²) in [4.78, 5) is 10.8. The molecule has 0 fully saturated rings. The van der Waals surface area contributed by atoms with Crippen molar-refractivity contribution in [2.45, 2.75) is 6.11 Å². The summed E-state index contributed by atoms with van der Waals surface area (Å²) < 4.78 is 41.0. The van der Waals surface area contributed by atoms with Crippen molar-refractivity contribution < 1.29 is 27.8 Å². The van der Waals surface area contributed by atoms with E-state index in [2.05, 4.69) is 4.52 Å². The van der Waals surface area contributed by atoms with Crippen LogP contribution in [0.4, 0.5) is 8.78 Å². The minimum Gasteiger partial charge on any atom is -0.477 e. The van der Waals surface area contributed by atoms with E-state index < -0.39 is 26.3 Å². The molecule has 2 aromatic rings. The van der Waals surface area contributed by atoms with Gasteiger partial charge in [-0.25, -0.2) is 13.9 Å².